The second kappa shape index (κ2) is 5.66. The van der Waals surface area contributed by atoms with E-state index < -0.39 is 5.41 Å². The van der Waals surface area contributed by atoms with Crippen molar-refractivity contribution in [3.05, 3.63) is 107 Å². The lowest BCUT2D eigenvalue weighted by molar-refractivity contribution is -0.142. The van der Waals surface area contributed by atoms with Crippen LogP contribution in [0.2, 0.25) is 0 Å². The lowest BCUT2D eigenvalue weighted by Gasteiger charge is -2.51. The van der Waals surface area contributed by atoms with Crippen molar-refractivity contribution >= 4 is 11.8 Å². The lowest BCUT2D eigenvalue weighted by Crippen LogP contribution is -2.49. The Morgan fingerprint density at radius 1 is 0.759 bits per heavy atom. The van der Waals surface area contributed by atoms with Gasteiger partial charge in [-0.2, -0.15) is 0 Å². The van der Waals surface area contributed by atoms with Gasteiger partial charge in [-0.1, -0.05) is 78.9 Å². The highest BCUT2D eigenvalue weighted by Crippen LogP contribution is 2.66. The second-order valence-electron chi connectivity index (χ2n) is 8.64. The fourth-order valence-corrected chi connectivity index (χ4v) is 6.11. The zero-order valence-electron chi connectivity index (χ0n) is 16.2. The number of benzene rings is 3. The first kappa shape index (κ1) is 16.7. The first-order chi connectivity index (χ1) is 14.1. The van der Waals surface area contributed by atoms with Crippen LogP contribution in [0.4, 0.5) is 0 Å². The average Bonchev–Trinajstić information content (AvgIpc) is 2.95. The largest absolute Gasteiger partial charge is 0.277 e. The Balaban J connectivity index is 1.55. The summed E-state index contributed by atoms with van der Waals surface area (Å²) < 4.78 is 0. The van der Waals surface area contributed by atoms with Crippen LogP contribution >= 0.6 is 0 Å². The predicted octanol–water partition coefficient (Wildman–Crippen LogP) is 4.47. The summed E-state index contributed by atoms with van der Waals surface area (Å²) in [6, 6.07) is 26.5. The molecule has 0 saturated carbocycles. The van der Waals surface area contributed by atoms with E-state index in [1.54, 1.807) is 0 Å². The molecule has 3 nitrogen and oxygen atoms in total. The van der Waals surface area contributed by atoms with Gasteiger partial charge in [-0.15, -0.1) is 0 Å². The van der Waals surface area contributed by atoms with Crippen molar-refractivity contribution in [3.8, 4) is 0 Å². The molecule has 3 aromatic rings. The average molecular weight is 379 g/mol. The molecule has 0 radical (unpaired) electrons. The van der Waals surface area contributed by atoms with E-state index in [-0.39, 0.29) is 29.6 Å². The number of amides is 2. The Morgan fingerprint density at radius 3 is 1.86 bits per heavy atom. The summed E-state index contributed by atoms with van der Waals surface area (Å²) in [4.78, 5) is 29.0. The summed E-state index contributed by atoms with van der Waals surface area (Å²) in [5, 5.41) is 0. The van der Waals surface area contributed by atoms with Gasteiger partial charge in [0.1, 0.15) is 0 Å². The van der Waals surface area contributed by atoms with Crippen LogP contribution in [0.15, 0.2) is 78.9 Å². The van der Waals surface area contributed by atoms with Crippen molar-refractivity contribution in [2.45, 2.75) is 25.3 Å². The molecular weight excluding hydrogens is 358 g/mol. The molecule has 0 aromatic heterocycles. The summed E-state index contributed by atoms with van der Waals surface area (Å²) in [5.74, 6) is -0.541. The van der Waals surface area contributed by atoms with E-state index in [2.05, 4.69) is 24.3 Å². The molecule has 2 atom stereocenters. The number of carbonyl (C=O) groups is 2. The van der Waals surface area contributed by atoms with Crippen molar-refractivity contribution in [2.24, 2.45) is 11.3 Å². The Morgan fingerprint density at radius 2 is 1.28 bits per heavy atom. The minimum Gasteiger partial charge on any atom is -0.277 e. The highest BCUT2D eigenvalue weighted by molar-refractivity contribution is 6.09. The quantitative estimate of drug-likeness (QED) is 0.616. The summed E-state index contributed by atoms with van der Waals surface area (Å²) in [7, 11) is 0. The molecule has 1 heterocycles. The van der Waals surface area contributed by atoms with Crippen LogP contribution in [0.3, 0.4) is 0 Å². The molecule has 29 heavy (non-hydrogen) atoms. The molecule has 2 unspecified atom stereocenters. The van der Waals surface area contributed by atoms with E-state index in [0.29, 0.717) is 6.54 Å². The maximum atomic E-state index is 13.8. The van der Waals surface area contributed by atoms with Crippen molar-refractivity contribution < 1.29 is 9.59 Å². The smallest absolute Gasteiger partial charge is 0.237 e. The van der Waals surface area contributed by atoms with E-state index in [1.807, 2.05) is 61.5 Å². The molecule has 1 saturated heterocycles. The Bertz CT molecular complexity index is 1120. The minimum atomic E-state index is -0.737. The van der Waals surface area contributed by atoms with Gasteiger partial charge in [0.15, 0.2) is 0 Å². The molecule has 3 aromatic carbocycles. The molecule has 3 aliphatic carbocycles. The van der Waals surface area contributed by atoms with Crippen molar-refractivity contribution in [1.82, 2.24) is 4.90 Å². The van der Waals surface area contributed by atoms with Crippen molar-refractivity contribution in [3.63, 3.8) is 0 Å². The van der Waals surface area contributed by atoms with Gasteiger partial charge in [0, 0.05) is 11.8 Å². The van der Waals surface area contributed by atoms with Crippen LogP contribution in [-0.4, -0.2) is 16.7 Å². The molecule has 2 bridgehead atoms. The van der Waals surface area contributed by atoms with Crippen LogP contribution < -0.4 is 0 Å². The first-order valence-corrected chi connectivity index (χ1v) is 10.2. The lowest BCUT2D eigenvalue weighted by atomic mass is 9.48. The Labute approximate surface area is 170 Å². The molecule has 0 N–H and O–H groups in total. The number of hydrogen-bond acceptors (Lipinski definition) is 2. The number of likely N-dealkylation sites (tertiary alicyclic amines) is 1. The van der Waals surface area contributed by atoms with E-state index in [1.165, 1.54) is 27.2 Å². The van der Waals surface area contributed by atoms with Crippen LogP contribution in [0.25, 0.3) is 0 Å². The molecule has 7 rings (SSSR count). The van der Waals surface area contributed by atoms with E-state index >= 15 is 0 Å². The highest BCUT2D eigenvalue weighted by atomic mass is 16.2. The fourth-order valence-electron chi connectivity index (χ4n) is 6.11. The fraction of sp³-hybridized carbons (Fsp3) is 0.231. The van der Waals surface area contributed by atoms with Crippen LogP contribution in [0, 0.1) is 11.3 Å². The van der Waals surface area contributed by atoms with Crippen molar-refractivity contribution in [1.29, 1.82) is 0 Å². The SMILES string of the molecule is CC12C(=O)N(Cc3ccccc3)C(=O)C1C1c3ccccc3C2c2ccccc21. The topological polar surface area (TPSA) is 37.4 Å². The Kier molecular flexibility index (Phi) is 3.27. The summed E-state index contributed by atoms with van der Waals surface area (Å²) in [5.41, 5.74) is 5.08. The van der Waals surface area contributed by atoms with Gasteiger partial charge in [0.05, 0.1) is 17.9 Å². The van der Waals surface area contributed by atoms with Crippen LogP contribution in [0.5, 0.6) is 0 Å². The number of nitrogens with zero attached hydrogens (tertiary/aromatic N) is 1. The van der Waals surface area contributed by atoms with Gasteiger partial charge in [0.25, 0.3) is 0 Å². The maximum Gasteiger partial charge on any atom is 0.237 e. The molecular formula is C26H21NO2. The zero-order chi connectivity index (χ0) is 19.8. The van der Waals surface area contributed by atoms with Gasteiger partial charge >= 0.3 is 0 Å². The standard InChI is InChI=1S/C26H21NO2/c1-26-22-19-13-7-5-11-17(19)21(18-12-6-8-14-20(18)22)23(26)24(28)27(25(26)29)15-16-9-3-2-4-10-16/h2-14,21-23H,15H2,1H3. The van der Waals surface area contributed by atoms with E-state index in [9.17, 15) is 9.59 Å². The predicted molar refractivity (Wildman–Crippen MR) is 110 cm³/mol. The minimum absolute atomic E-state index is 0.0274. The first-order valence-electron chi connectivity index (χ1n) is 10.2. The van der Waals surface area contributed by atoms with E-state index in [0.717, 1.165) is 5.56 Å². The monoisotopic (exact) mass is 379 g/mol. The third-order valence-corrected chi connectivity index (χ3v) is 7.28. The number of imide groups is 1. The summed E-state index contributed by atoms with van der Waals surface area (Å²) >= 11 is 0. The number of hydrogen-bond donors (Lipinski definition) is 0. The van der Waals surface area contributed by atoms with Gasteiger partial charge < -0.3 is 0 Å². The summed E-state index contributed by atoms with van der Waals surface area (Å²) in [6.07, 6.45) is 0. The maximum absolute atomic E-state index is 13.8. The zero-order valence-corrected chi connectivity index (χ0v) is 16.2. The van der Waals surface area contributed by atoms with Gasteiger partial charge in [0.2, 0.25) is 11.8 Å². The molecule has 1 aliphatic heterocycles. The normalized spacial score (nSPS) is 28.9. The van der Waals surface area contributed by atoms with Crippen LogP contribution in [-0.2, 0) is 16.1 Å². The highest BCUT2D eigenvalue weighted by Gasteiger charge is 2.68. The van der Waals surface area contributed by atoms with E-state index in [4.69, 9.17) is 0 Å². The second-order valence-corrected chi connectivity index (χ2v) is 8.64. The third kappa shape index (κ3) is 1.97. The van der Waals surface area contributed by atoms with Gasteiger partial charge in [-0.05, 0) is 34.7 Å². The molecule has 3 heteroatoms. The van der Waals surface area contributed by atoms with Gasteiger partial charge in [-0.3, -0.25) is 14.5 Å². The third-order valence-electron chi connectivity index (χ3n) is 7.28. The molecule has 1 fully saturated rings. The summed E-state index contributed by atoms with van der Waals surface area (Å²) in [6.45, 7) is 2.36. The number of carbonyl (C=O) groups excluding carboxylic acids is 2. The Hall–Kier alpha value is -3.20. The molecule has 4 aliphatic rings. The van der Waals surface area contributed by atoms with Crippen LogP contribution in [0.1, 0.15) is 46.6 Å². The number of rotatable bonds is 2. The van der Waals surface area contributed by atoms with Crippen molar-refractivity contribution in [2.75, 3.05) is 0 Å². The molecule has 2 amide bonds. The molecule has 142 valence electrons. The van der Waals surface area contributed by atoms with Gasteiger partial charge in [-0.25, -0.2) is 0 Å². The molecule has 0 spiro atoms.